The molecule has 1 aromatic rings. The zero-order valence-corrected chi connectivity index (χ0v) is 14.3. The summed E-state index contributed by atoms with van der Waals surface area (Å²) in [5.41, 5.74) is 0.804. The van der Waals surface area contributed by atoms with E-state index in [4.69, 9.17) is 9.47 Å². The normalized spacial score (nSPS) is 31.0. The van der Waals surface area contributed by atoms with Crippen LogP contribution >= 0.6 is 0 Å². The van der Waals surface area contributed by atoms with Gasteiger partial charge in [0.05, 0.1) is 11.0 Å². The maximum atomic E-state index is 12.9. The predicted molar refractivity (Wildman–Crippen MR) is 92.2 cm³/mol. The number of esters is 2. The zero-order valence-electron chi connectivity index (χ0n) is 14.3. The van der Waals surface area contributed by atoms with Gasteiger partial charge in [0.25, 0.3) is 0 Å². The van der Waals surface area contributed by atoms with E-state index in [0.717, 1.165) is 11.1 Å². The van der Waals surface area contributed by atoms with Crippen LogP contribution in [0.4, 0.5) is 0 Å². The third kappa shape index (κ3) is 2.00. The monoisotopic (exact) mass is 336 g/mol. The quantitative estimate of drug-likeness (QED) is 0.625. The van der Waals surface area contributed by atoms with Gasteiger partial charge < -0.3 is 9.47 Å². The summed E-state index contributed by atoms with van der Waals surface area (Å²) >= 11 is 0. The molecule has 0 aromatic heterocycles. The molecule has 0 amide bonds. The van der Waals surface area contributed by atoms with E-state index in [9.17, 15) is 9.59 Å². The van der Waals surface area contributed by atoms with Crippen LogP contribution in [0.2, 0.25) is 0 Å². The van der Waals surface area contributed by atoms with Crippen molar-refractivity contribution in [1.29, 1.82) is 0 Å². The van der Waals surface area contributed by atoms with Crippen LogP contribution in [0.25, 0.3) is 0 Å². The number of ether oxygens (including phenoxy) is 2. The van der Waals surface area contributed by atoms with Gasteiger partial charge in [0.1, 0.15) is 18.6 Å². The summed E-state index contributed by atoms with van der Waals surface area (Å²) in [6.07, 6.45) is 7.88. The fourth-order valence-corrected chi connectivity index (χ4v) is 4.45. The molecule has 1 aromatic carbocycles. The van der Waals surface area contributed by atoms with Crippen LogP contribution < -0.4 is 0 Å². The van der Waals surface area contributed by atoms with Crippen molar-refractivity contribution in [2.75, 3.05) is 6.61 Å². The smallest absolute Gasteiger partial charge is 0.335 e. The van der Waals surface area contributed by atoms with Gasteiger partial charge in [0.2, 0.25) is 0 Å². The molecule has 1 aliphatic heterocycles. The van der Waals surface area contributed by atoms with Crippen LogP contribution in [0.3, 0.4) is 0 Å². The number of fused-ring (bicyclic) bond motifs is 1. The molecule has 1 saturated heterocycles. The van der Waals surface area contributed by atoms with Crippen molar-refractivity contribution in [3.63, 3.8) is 0 Å². The van der Waals surface area contributed by atoms with Crippen molar-refractivity contribution in [2.24, 2.45) is 16.7 Å². The summed E-state index contributed by atoms with van der Waals surface area (Å²) in [6, 6.07) is 9.52. The Hall–Kier alpha value is -2.62. The number of rotatable bonds is 4. The Kier molecular flexibility index (Phi) is 3.46. The summed E-state index contributed by atoms with van der Waals surface area (Å²) in [7, 11) is 0. The van der Waals surface area contributed by atoms with Gasteiger partial charge in [0, 0.05) is 5.92 Å². The molecule has 3 atom stereocenters. The first-order valence-corrected chi connectivity index (χ1v) is 8.46. The molecule has 2 aliphatic carbocycles. The van der Waals surface area contributed by atoms with Crippen molar-refractivity contribution in [3.8, 4) is 0 Å². The highest BCUT2D eigenvalue weighted by molar-refractivity contribution is 6.04. The Balaban J connectivity index is 1.66. The zero-order chi connectivity index (χ0) is 17.7. The number of benzene rings is 1. The molecule has 4 rings (SSSR count). The van der Waals surface area contributed by atoms with Crippen molar-refractivity contribution in [3.05, 3.63) is 71.3 Å². The van der Waals surface area contributed by atoms with Gasteiger partial charge in [-0.3, -0.25) is 4.79 Å². The molecule has 2 fully saturated rings. The Morgan fingerprint density at radius 2 is 2.00 bits per heavy atom. The molecular formula is C21H20O4. The van der Waals surface area contributed by atoms with Crippen LogP contribution in [0.15, 0.2) is 65.8 Å². The number of carbonyl (C=O) groups is 2. The second-order valence-electron chi connectivity index (χ2n) is 7.08. The average molecular weight is 336 g/mol. The van der Waals surface area contributed by atoms with Gasteiger partial charge in [-0.1, -0.05) is 60.2 Å². The molecule has 128 valence electrons. The summed E-state index contributed by atoms with van der Waals surface area (Å²) in [5, 5.41) is 0. The van der Waals surface area contributed by atoms with E-state index in [-0.39, 0.29) is 18.5 Å². The number of hydrogen-bond acceptors (Lipinski definition) is 4. The van der Waals surface area contributed by atoms with Gasteiger partial charge in [-0.15, -0.1) is 0 Å². The standard InChI is InChI=1S/C21H20O4/c1-14(2)17(18(22)24-12-15-8-4-3-5-9-15)21-16-10-6-7-11-20(16,21)13-25-19(21)23/h3-11,16H,12-13H2,1-2H3. The molecule has 3 unspecified atom stereocenters. The van der Waals surface area contributed by atoms with Gasteiger partial charge in [-0.25, -0.2) is 4.79 Å². The van der Waals surface area contributed by atoms with E-state index in [1.165, 1.54) is 0 Å². The lowest BCUT2D eigenvalue weighted by Crippen LogP contribution is -2.27. The largest absolute Gasteiger partial charge is 0.464 e. The molecule has 4 nitrogen and oxygen atoms in total. The highest BCUT2D eigenvalue weighted by atomic mass is 16.6. The van der Waals surface area contributed by atoms with Crippen LogP contribution in [-0.4, -0.2) is 18.5 Å². The van der Waals surface area contributed by atoms with E-state index in [1.807, 2.05) is 68.5 Å². The average Bonchev–Trinajstić information content (AvgIpc) is 3.12. The molecule has 3 aliphatic rings. The minimum atomic E-state index is -0.927. The van der Waals surface area contributed by atoms with Crippen molar-refractivity contribution in [1.82, 2.24) is 0 Å². The van der Waals surface area contributed by atoms with E-state index < -0.39 is 16.8 Å². The van der Waals surface area contributed by atoms with Crippen LogP contribution in [0.5, 0.6) is 0 Å². The summed E-state index contributed by atoms with van der Waals surface area (Å²) in [6.45, 7) is 4.21. The maximum Gasteiger partial charge on any atom is 0.335 e. The summed E-state index contributed by atoms with van der Waals surface area (Å²) in [4.78, 5) is 25.6. The van der Waals surface area contributed by atoms with Crippen molar-refractivity contribution < 1.29 is 19.1 Å². The number of cyclic esters (lactones) is 1. The van der Waals surface area contributed by atoms with Crippen molar-refractivity contribution >= 4 is 11.9 Å². The van der Waals surface area contributed by atoms with Gasteiger partial charge in [-0.05, 0) is 19.4 Å². The molecule has 1 spiro atoms. The first-order valence-electron chi connectivity index (χ1n) is 8.46. The number of carbonyl (C=O) groups excluding carboxylic acids is 2. The first kappa shape index (κ1) is 15.9. The summed E-state index contributed by atoms with van der Waals surface area (Å²) < 4.78 is 10.9. The topological polar surface area (TPSA) is 52.6 Å². The second-order valence-corrected chi connectivity index (χ2v) is 7.08. The third-order valence-corrected chi connectivity index (χ3v) is 5.56. The molecule has 1 saturated carbocycles. The van der Waals surface area contributed by atoms with Crippen LogP contribution in [0.1, 0.15) is 19.4 Å². The fourth-order valence-electron chi connectivity index (χ4n) is 4.45. The van der Waals surface area contributed by atoms with E-state index in [2.05, 4.69) is 0 Å². The lowest BCUT2D eigenvalue weighted by Gasteiger charge is -2.18. The van der Waals surface area contributed by atoms with Gasteiger partial charge in [0.15, 0.2) is 0 Å². The first-order chi connectivity index (χ1) is 12.0. The van der Waals surface area contributed by atoms with Gasteiger partial charge in [-0.2, -0.15) is 0 Å². The third-order valence-electron chi connectivity index (χ3n) is 5.56. The van der Waals surface area contributed by atoms with Crippen molar-refractivity contribution in [2.45, 2.75) is 20.5 Å². The van der Waals surface area contributed by atoms with Gasteiger partial charge >= 0.3 is 11.9 Å². The molecule has 0 radical (unpaired) electrons. The molecule has 1 heterocycles. The number of allylic oxidation sites excluding steroid dienone is 4. The Morgan fingerprint density at radius 1 is 1.24 bits per heavy atom. The molecule has 0 N–H and O–H groups in total. The number of hydrogen-bond donors (Lipinski definition) is 0. The van der Waals surface area contributed by atoms with E-state index >= 15 is 0 Å². The minimum absolute atomic E-state index is 0.0274. The van der Waals surface area contributed by atoms with Crippen LogP contribution in [0, 0.1) is 16.7 Å². The minimum Gasteiger partial charge on any atom is -0.464 e. The molecule has 25 heavy (non-hydrogen) atoms. The summed E-state index contributed by atoms with van der Waals surface area (Å²) in [5.74, 6) is -0.778. The predicted octanol–water partition coefficient (Wildman–Crippen LogP) is 3.35. The maximum absolute atomic E-state index is 12.9. The Labute approximate surface area is 146 Å². The lowest BCUT2D eigenvalue weighted by molar-refractivity contribution is -0.149. The van der Waals surface area contributed by atoms with Crippen LogP contribution in [-0.2, 0) is 25.7 Å². The molecule has 0 bridgehead atoms. The second kappa shape index (κ2) is 5.45. The van der Waals surface area contributed by atoms with E-state index in [0.29, 0.717) is 12.2 Å². The highest BCUT2D eigenvalue weighted by Gasteiger charge is 2.86. The Morgan fingerprint density at radius 3 is 2.68 bits per heavy atom. The fraction of sp³-hybridized carbons (Fsp3) is 0.333. The van der Waals surface area contributed by atoms with E-state index in [1.54, 1.807) is 0 Å². The SMILES string of the molecule is CC(C)=C(C(=O)OCc1ccccc1)C12C(=O)OCC13C=CC=CC32. The molecule has 4 heteroatoms. The molecular weight excluding hydrogens is 316 g/mol. The highest BCUT2D eigenvalue weighted by Crippen LogP contribution is 2.78. The lowest BCUT2D eigenvalue weighted by atomic mass is 9.85. The Bertz CT molecular complexity index is 829.